The molecule has 2 aliphatic heterocycles. The van der Waals surface area contributed by atoms with Gasteiger partial charge < -0.3 is 14.8 Å². The SMILES string of the molecule is CC.COC.Cc1ccc(C23COCCC2CSC(NC(=O)c2ccccc2)=N3)c(F)c1. The van der Waals surface area contributed by atoms with E-state index in [1.807, 2.05) is 51.1 Å². The highest BCUT2D eigenvalue weighted by atomic mass is 32.2. The summed E-state index contributed by atoms with van der Waals surface area (Å²) in [4.78, 5) is 17.4. The molecule has 0 saturated carbocycles. The van der Waals surface area contributed by atoms with E-state index in [0.717, 1.165) is 17.7 Å². The van der Waals surface area contributed by atoms with Gasteiger partial charge >= 0.3 is 0 Å². The van der Waals surface area contributed by atoms with Crippen molar-refractivity contribution in [3.05, 3.63) is 71.0 Å². The van der Waals surface area contributed by atoms with E-state index in [1.165, 1.54) is 17.8 Å². The predicted octanol–water partition coefficient (Wildman–Crippen LogP) is 5.19. The molecule has 2 aliphatic rings. The zero-order valence-corrected chi connectivity index (χ0v) is 20.3. The molecular weight excluding hydrogens is 427 g/mol. The number of nitrogens with zero attached hydrogens (tertiary/aromatic N) is 1. The fourth-order valence-corrected chi connectivity index (χ4v) is 4.89. The molecule has 0 aliphatic carbocycles. The van der Waals surface area contributed by atoms with Gasteiger partial charge in [0.2, 0.25) is 0 Å². The van der Waals surface area contributed by atoms with Gasteiger partial charge in [-0.05, 0) is 37.1 Å². The number of ether oxygens (including phenoxy) is 2. The van der Waals surface area contributed by atoms with E-state index in [1.54, 1.807) is 26.4 Å². The summed E-state index contributed by atoms with van der Waals surface area (Å²) in [5, 5.41) is 3.41. The number of carbonyl (C=O) groups excluding carboxylic acids is 1. The molecule has 2 aromatic carbocycles. The maximum atomic E-state index is 14.8. The van der Waals surface area contributed by atoms with Crippen molar-refractivity contribution in [3.8, 4) is 0 Å². The van der Waals surface area contributed by atoms with Crippen LogP contribution in [0.5, 0.6) is 0 Å². The van der Waals surface area contributed by atoms with Crippen molar-refractivity contribution in [2.75, 3.05) is 33.2 Å². The van der Waals surface area contributed by atoms with E-state index in [2.05, 4.69) is 10.1 Å². The maximum absolute atomic E-state index is 14.8. The van der Waals surface area contributed by atoms with Crippen LogP contribution in [0.25, 0.3) is 0 Å². The Morgan fingerprint density at radius 1 is 1.22 bits per heavy atom. The summed E-state index contributed by atoms with van der Waals surface area (Å²) in [7, 11) is 3.25. The third-order valence-corrected chi connectivity index (χ3v) is 6.21. The number of nitrogens with one attached hydrogen (secondary N) is 1. The van der Waals surface area contributed by atoms with Crippen molar-refractivity contribution >= 4 is 22.8 Å². The van der Waals surface area contributed by atoms with Gasteiger partial charge in [0, 0.05) is 43.6 Å². The van der Waals surface area contributed by atoms with E-state index < -0.39 is 5.54 Å². The maximum Gasteiger partial charge on any atom is 0.257 e. The molecule has 2 heterocycles. The quantitative estimate of drug-likeness (QED) is 0.670. The van der Waals surface area contributed by atoms with Crippen LogP contribution < -0.4 is 5.32 Å². The van der Waals surface area contributed by atoms with E-state index in [0.29, 0.717) is 29.5 Å². The number of fused-ring (bicyclic) bond motifs is 1. The highest BCUT2D eigenvalue weighted by molar-refractivity contribution is 8.13. The molecule has 1 saturated heterocycles. The number of amidine groups is 1. The van der Waals surface area contributed by atoms with Crippen LogP contribution in [-0.4, -0.2) is 44.3 Å². The molecule has 1 fully saturated rings. The number of hydrogen-bond acceptors (Lipinski definition) is 5. The lowest BCUT2D eigenvalue weighted by Crippen LogP contribution is -2.49. The number of amides is 1. The van der Waals surface area contributed by atoms with Crippen molar-refractivity contribution in [1.29, 1.82) is 0 Å². The van der Waals surface area contributed by atoms with Gasteiger partial charge in [0.05, 0.1) is 6.61 Å². The van der Waals surface area contributed by atoms with Crippen molar-refractivity contribution in [2.24, 2.45) is 10.9 Å². The highest BCUT2D eigenvalue weighted by Crippen LogP contribution is 2.45. The van der Waals surface area contributed by atoms with E-state index >= 15 is 0 Å². The topological polar surface area (TPSA) is 59.9 Å². The summed E-state index contributed by atoms with van der Waals surface area (Å²) in [5.74, 6) is 0.460. The Bertz CT molecular complexity index is 907. The molecular formula is C25H33FN2O3S. The lowest BCUT2D eigenvalue weighted by Gasteiger charge is -2.44. The van der Waals surface area contributed by atoms with Gasteiger partial charge in [-0.25, -0.2) is 9.38 Å². The fraction of sp³-hybridized carbons (Fsp3) is 0.440. The molecule has 0 bridgehead atoms. The van der Waals surface area contributed by atoms with Crippen LogP contribution in [-0.2, 0) is 15.0 Å². The number of carbonyl (C=O) groups is 1. The minimum atomic E-state index is -0.791. The normalized spacial score (nSPS) is 21.6. The first kappa shape index (κ1) is 26.0. The van der Waals surface area contributed by atoms with Crippen molar-refractivity contribution in [3.63, 3.8) is 0 Å². The fourth-order valence-electron chi connectivity index (χ4n) is 3.70. The van der Waals surface area contributed by atoms with Gasteiger partial charge in [-0.3, -0.25) is 4.79 Å². The summed E-state index contributed by atoms with van der Waals surface area (Å²) < 4.78 is 24.8. The second kappa shape index (κ2) is 12.7. The number of methoxy groups -OCH3 is 1. The summed E-state index contributed by atoms with van der Waals surface area (Å²) in [6.45, 7) is 6.84. The first-order chi connectivity index (χ1) is 15.5. The summed E-state index contributed by atoms with van der Waals surface area (Å²) in [6.07, 6.45) is 0.823. The Balaban J connectivity index is 0.000000671. The second-order valence-electron chi connectivity index (χ2n) is 7.40. The molecule has 0 radical (unpaired) electrons. The van der Waals surface area contributed by atoms with E-state index in [-0.39, 0.29) is 17.6 Å². The van der Waals surface area contributed by atoms with Gasteiger partial charge in [-0.2, -0.15) is 0 Å². The zero-order chi connectivity index (χ0) is 23.6. The second-order valence-corrected chi connectivity index (χ2v) is 8.41. The van der Waals surface area contributed by atoms with Gasteiger partial charge in [0.25, 0.3) is 5.91 Å². The highest BCUT2D eigenvalue weighted by Gasteiger charge is 2.47. The third kappa shape index (κ3) is 6.18. The number of hydrogen-bond donors (Lipinski definition) is 1. The molecule has 32 heavy (non-hydrogen) atoms. The monoisotopic (exact) mass is 460 g/mol. The Morgan fingerprint density at radius 2 is 1.91 bits per heavy atom. The summed E-state index contributed by atoms with van der Waals surface area (Å²) in [6, 6.07) is 14.3. The first-order valence-electron chi connectivity index (χ1n) is 10.8. The average Bonchev–Trinajstić information content (AvgIpc) is 2.81. The molecule has 1 N–H and O–H groups in total. The smallest absolute Gasteiger partial charge is 0.257 e. The minimum absolute atomic E-state index is 0.172. The zero-order valence-electron chi connectivity index (χ0n) is 19.5. The molecule has 7 heteroatoms. The molecule has 2 aromatic rings. The lowest BCUT2D eigenvalue weighted by atomic mass is 9.76. The Morgan fingerprint density at radius 3 is 2.56 bits per heavy atom. The van der Waals surface area contributed by atoms with Crippen LogP contribution in [0.3, 0.4) is 0 Å². The van der Waals surface area contributed by atoms with Crippen LogP contribution in [0.4, 0.5) is 4.39 Å². The molecule has 0 aromatic heterocycles. The van der Waals surface area contributed by atoms with Crippen molar-refractivity contribution in [1.82, 2.24) is 5.32 Å². The van der Waals surface area contributed by atoms with Crippen molar-refractivity contribution < 1.29 is 18.7 Å². The predicted molar refractivity (Wildman–Crippen MR) is 130 cm³/mol. The summed E-state index contributed by atoms with van der Waals surface area (Å²) >= 11 is 1.51. The lowest BCUT2D eigenvalue weighted by molar-refractivity contribution is 0.00289. The average molecular weight is 461 g/mol. The number of aliphatic imine (C=N–C) groups is 1. The van der Waals surface area contributed by atoms with E-state index in [4.69, 9.17) is 9.73 Å². The van der Waals surface area contributed by atoms with Crippen molar-refractivity contribution in [2.45, 2.75) is 32.7 Å². The molecule has 5 nitrogen and oxygen atoms in total. The standard InChI is InChI=1S/C21H21FN2O2S.C2H6O.C2H6/c1-14-7-8-17(18(22)11-14)21-13-26-10-9-16(21)12-27-20(24-21)23-19(25)15-5-3-2-4-6-15;1-3-2;1-2/h2-8,11,16H,9-10,12-13H2,1H3,(H,23,24,25);1-2H3;1-2H3. The molecule has 174 valence electrons. The van der Waals surface area contributed by atoms with Crippen LogP contribution in [0.2, 0.25) is 0 Å². The van der Waals surface area contributed by atoms with Gasteiger partial charge in [-0.15, -0.1) is 0 Å². The Labute approximate surface area is 194 Å². The Hall–Kier alpha value is -2.22. The van der Waals surface area contributed by atoms with Gasteiger partial charge in [0.15, 0.2) is 5.17 Å². The molecule has 4 rings (SSSR count). The molecule has 2 unspecified atom stereocenters. The van der Waals surface area contributed by atoms with Crippen LogP contribution in [0, 0.1) is 18.7 Å². The number of aryl methyl sites for hydroxylation is 1. The Kier molecular flexibility index (Phi) is 10.4. The first-order valence-corrected chi connectivity index (χ1v) is 11.8. The van der Waals surface area contributed by atoms with Gasteiger partial charge in [-0.1, -0.05) is 55.9 Å². The van der Waals surface area contributed by atoms with Crippen LogP contribution in [0.15, 0.2) is 53.5 Å². The number of halogens is 1. The number of thioether (sulfide) groups is 1. The number of rotatable bonds is 2. The molecule has 0 spiro atoms. The largest absolute Gasteiger partial charge is 0.388 e. The molecule has 2 atom stereocenters. The number of benzene rings is 2. The van der Waals surface area contributed by atoms with E-state index in [9.17, 15) is 9.18 Å². The summed E-state index contributed by atoms with van der Waals surface area (Å²) in [5.41, 5.74) is 1.19. The van der Waals surface area contributed by atoms with Crippen LogP contribution >= 0.6 is 11.8 Å². The third-order valence-electron chi connectivity index (χ3n) is 5.18. The van der Waals surface area contributed by atoms with Gasteiger partial charge in [0.1, 0.15) is 11.4 Å². The minimum Gasteiger partial charge on any atom is -0.388 e. The molecule has 1 amide bonds. The van der Waals surface area contributed by atoms with Crippen LogP contribution in [0.1, 0.15) is 41.8 Å².